The molecule has 0 aromatic heterocycles. The Morgan fingerprint density at radius 3 is 2.47 bits per heavy atom. The first-order valence-corrected chi connectivity index (χ1v) is 6.81. The van der Waals surface area contributed by atoms with Gasteiger partial charge in [0, 0.05) is 6.54 Å². The van der Waals surface area contributed by atoms with Crippen LogP contribution in [0.25, 0.3) is 0 Å². The highest BCUT2D eigenvalue weighted by molar-refractivity contribution is 5.69. The fraction of sp³-hybridized carbons (Fsp3) is 0.857. The van der Waals surface area contributed by atoms with E-state index in [1.165, 1.54) is 0 Å². The van der Waals surface area contributed by atoms with Gasteiger partial charge in [0.25, 0.3) is 0 Å². The van der Waals surface area contributed by atoms with Crippen molar-refractivity contribution >= 4 is 12.1 Å². The van der Waals surface area contributed by atoms with Gasteiger partial charge >= 0.3 is 12.1 Å². The number of rotatable bonds is 4. The number of hydrogen-bond acceptors (Lipinski definition) is 3. The third-order valence-corrected chi connectivity index (χ3v) is 3.48. The van der Waals surface area contributed by atoms with Gasteiger partial charge in [-0.1, -0.05) is 13.3 Å². The van der Waals surface area contributed by atoms with Gasteiger partial charge in [0.05, 0.1) is 6.42 Å². The van der Waals surface area contributed by atoms with Crippen molar-refractivity contribution in [2.75, 3.05) is 6.54 Å². The average Bonchev–Trinajstić information content (AvgIpc) is 2.54. The zero-order valence-corrected chi connectivity index (χ0v) is 12.3. The van der Waals surface area contributed by atoms with Crippen LogP contribution in [0.2, 0.25) is 0 Å². The van der Waals surface area contributed by atoms with E-state index >= 15 is 0 Å². The molecule has 2 N–H and O–H groups in total. The molecule has 110 valence electrons. The molecule has 0 radical (unpaired) electrons. The van der Waals surface area contributed by atoms with Crippen LogP contribution in [-0.2, 0) is 9.53 Å². The minimum absolute atomic E-state index is 0.104. The van der Waals surface area contributed by atoms with Gasteiger partial charge in [0.1, 0.15) is 5.60 Å². The second kappa shape index (κ2) is 5.80. The summed E-state index contributed by atoms with van der Waals surface area (Å²) in [5.41, 5.74) is -0.852. The van der Waals surface area contributed by atoms with E-state index in [0.29, 0.717) is 12.5 Å². The lowest BCUT2D eigenvalue weighted by Crippen LogP contribution is -2.40. The van der Waals surface area contributed by atoms with Crippen molar-refractivity contribution in [1.29, 1.82) is 0 Å². The number of carbonyl (C=O) groups is 2. The van der Waals surface area contributed by atoms with Crippen LogP contribution in [0, 0.1) is 11.3 Å². The van der Waals surface area contributed by atoms with Crippen molar-refractivity contribution in [1.82, 2.24) is 5.32 Å². The summed E-state index contributed by atoms with van der Waals surface area (Å²) in [6, 6.07) is 0. The van der Waals surface area contributed by atoms with Crippen LogP contribution in [0.4, 0.5) is 4.79 Å². The Kier molecular flexibility index (Phi) is 4.82. The smallest absolute Gasteiger partial charge is 0.407 e. The number of carboxylic acids is 1. The summed E-state index contributed by atoms with van der Waals surface area (Å²) < 4.78 is 5.18. The maximum atomic E-state index is 11.6. The fourth-order valence-electron chi connectivity index (χ4n) is 2.77. The number of carbonyl (C=O) groups excluding carboxylic acids is 1. The normalized spacial score (nSPS) is 27.1. The molecule has 0 saturated heterocycles. The summed E-state index contributed by atoms with van der Waals surface area (Å²) in [4.78, 5) is 22.6. The Balaban J connectivity index is 2.55. The molecule has 2 atom stereocenters. The van der Waals surface area contributed by atoms with Crippen molar-refractivity contribution in [3.8, 4) is 0 Å². The lowest BCUT2D eigenvalue weighted by molar-refractivity contribution is -0.139. The van der Waals surface area contributed by atoms with Crippen molar-refractivity contribution in [2.24, 2.45) is 11.3 Å². The SMILES string of the molecule is CC1CCC(CNC(=O)OC(C)(C)C)(CC(=O)O)C1. The second-order valence-corrected chi connectivity index (χ2v) is 6.77. The van der Waals surface area contributed by atoms with Crippen molar-refractivity contribution < 1.29 is 19.4 Å². The third kappa shape index (κ3) is 5.49. The molecule has 1 fully saturated rings. The Labute approximate surface area is 114 Å². The maximum absolute atomic E-state index is 11.6. The standard InChI is InChI=1S/C14H25NO4/c1-10-5-6-14(7-10,8-11(16)17)9-15-12(18)19-13(2,3)4/h10H,5-9H2,1-4H3,(H,15,18)(H,16,17). The van der Waals surface area contributed by atoms with E-state index < -0.39 is 17.7 Å². The summed E-state index contributed by atoms with van der Waals surface area (Å²) in [5.74, 6) is -0.292. The number of ether oxygens (including phenoxy) is 1. The molecule has 5 heteroatoms. The number of nitrogens with one attached hydrogen (secondary N) is 1. The van der Waals surface area contributed by atoms with E-state index in [4.69, 9.17) is 9.84 Å². The maximum Gasteiger partial charge on any atom is 0.407 e. The predicted octanol–water partition coefficient (Wildman–Crippen LogP) is 2.79. The van der Waals surface area contributed by atoms with Crippen molar-refractivity contribution in [3.63, 3.8) is 0 Å². The van der Waals surface area contributed by atoms with Gasteiger partial charge < -0.3 is 15.2 Å². The third-order valence-electron chi connectivity index (χ3n) is 3.48. The summed E-state index contributed by atoms with van der Waals surface area (Å²) in [7, 11) is 0. The first kappa shape index (κ1) is 15.8. The lowest BCUT2D eigenvalue weighted by Gasteiger charge is -2.28. The van der Waals surface area contributed by atoms with E-state index in [2.05, 4.69) is 12.2 Å². The molecule has 0 bridgehead atoms. The first-order chi connectivity index (χ1) is 8.62. The highest BCUT2D eigenvalue weighted by Crippen LogP contribution is 2.43. The highest BCUT2D eigenvalue weighted by atomic mass is 16.6. The van der Waals surface area contributed by atoms with Gasteiger partial charge in [-0.15, -0.1) is 0 Å². The average molecular weight is 271 g/mol. The molecule has 2 unspecified atom stereocenters. The molecule has 0 aromatic carbocycles. The molecule has 0 aromatic rings. The molecule has 1 aliphatic carbocycles. The van der Waals surface area contributed by atoms with Crippen LogP contribution in [0.5, 0.6) is 0 Å². The largest absolute Gasteiger partial charge is 0.481 e. The second-order valence-electron chi connectivity index (χ2n) is 6.77. The van der Waals surface area contributed by atoms with Crippen LogP contribution < -0.4 is 5.32 Å². The highest BCUT2D eigenvalue weighted by Gasteiger charge is 2.39. The van der Waals surface area contributed by atoms with Crippen LogP contribution in [0.15, 0.2) is 0 Å². The molecule has 0 aliphatic heterocycles. The molecule has 0 heterocycles. The lowest BCUT2D eigenvalue weighted by atomic mass is 9.82. The van der Waals surface area contributed by atoms with Crippen LogP contribution in [0.1, 0.15) is 53.4 Å². The first-order valence-electron chi connectivity index (χ1n) is 6.81. The number of aliphatic carboxylic acids is 1. The number of alkyl carbamates (subject to hydrolysis) is 1. The molecule has 19 heavy (non-hydrogen) atoms. The molecule has 5 nitrogen and oxygen atoms in total. The monoisotopic (exact) mass is 271 g/mol. The Morgan fingerprint density at radius 1 is 1.42 bits per heavy atom. The summed E-state index contributed by atoms with van der Waals surface area (Å²) in [6.07, 6.45) is 2.33. The van der Waals surface area contributed by atoms with E-state index in [1.807, 2.05) is 0 Å². The molecular formula is C14H25NO4. The van der Waals surface area contributed by atoms with Gasteiger partial charge in [-0.2, -0.15) is 0 Å². The van der Waals surface area contributed by atoms with Gasteiger partial charge in [-0.25, -0.2) is 4.79 Å². The minimum Gasteiger partial charge on any atom is -0.481 e. The predicted molar refractivity (Wildman–Crippen MR) is 71.9 cm³/mol. The van der Waals surface area contributed by atoms with E-state index in [9.17, 15) is 9.59 Å². The molecule has 1 aliphatic rings. The van der Waals surface area contributed by atoms with Crippen molar-refractivity contribution in [3.05, 3.63) is 0 Å². The quantitative estimate of drug-likeness (QED) is 0.824. The summed E-state index contributed by atoms with van der Waals surface area (Å²) in [5, 5.41) is 11.8. The molecular weight excluding hydrogens is 246 g/mol. The van der Waals surface area contributed by atoms with Crippen LogP contribution in [-0.4, -0.2) is 29.3 Å². The zero-order chi connectivity index (χ0) is 14.7. The summed E-state index contributed by atoms with van der Waals surface area (Å²) in [6.45, 7) is 7.90. The molecule has 1 amide bonds. The number of amides is 1. The topological polar surface area (TPSA) is 75.6 Å². The Hall–Kier alpha value is -1.26. The van der Waals surface area contributed by atoms with Gasteiger partial charge in [-0.3, -0.25) is 4.79 Å². The fourth-order valence-corrected chi connectivity index (χ4v) is 2.77. The van der Waals surface area contributed by atoms with E-state index in [0.717, 1.165) is 19.3 Å². The van der Waals surface area contributed by atoms with Crippen molar-refractivity contribution in [2.45, 2.75) is 59.0 Å². The van der Waals surface area contributed by atoms with Crippen LogP contribution in [0.3, 0.4) is 0 Å². The Bertz CT molecular complexity index is 348. The van der Waals surface area contributed by atoms with Gasteiger partial charge in [0.2, 0.25) is 0 Å². The number of hydrogen-bond donors (Lipinski definition) is 2. The molecule has 1 saturated carbocycles. The van der Waals surface area contributed by atoms with E-state index in [1.54, 1.807) is 20.8 Å². The zero-order valence-electron chi connectivity index (χ0n) is 12.3. The van der Waals surface area contributed by atoms with Gasteiger partial charge in [0.15, 0.2) is 0 Å². The van der Waals surface area contributed by atoms with E-state index in [-0.39, 0.29) is 11.8 Å². The number of carboxylic acid groups (broad SMARTS) is 1. The molecule has 1 rings (SSSR count). The van der Waals surface area contributed by atoms with Crippen LogP contribution >= 0.6 is 0 Å². The Morgan fingerprint density at radius 2 is 2.05 bits per heavy atom. The molecule has 0 spiro atoms. The summed E-state index contributed by atoms with van der Waals surface area (Å²) >= 11 is 0. The van der Waals surface area contributed by atoms with Gasteiger partial charge in [-0.05, 0) is 44.9 Å². The minimum atomic E-state index is -0.805.